The van der Waals surface area contributed by atoms with Gasteiger partial charge in [0.25, 0.3) is 0 Å². The SMILES string of the molecule is O=C1CC([OH2+])c2ccccc21. The molecule has 1 aliphatic carbocycles. The summed E-state index contributed by atoms with van der Waals surface area (Å²) in [7, 11) is 0. The van der Waals surface area contributed by atoms with E-state index in [1.165, 1.54) is 0 Å². The van der Waals surface area contributed by atoms with Crippen molar-refractivity contribution in [3.05, 3.63) is 35.4 Å². The second-order valence-electron chi connectivity index (χ2n) is 2.77. The Hall–Kier alpha value is -1.15. The van der Waals surface area contributed by atoms with Crippen LogP contribution in [-0.4, -0.2) is 10.9 Å². The van der Waals surface area contributed by atoms with E-state index in [4.69, 9.17) is 5.11 Å². The highest BCUT2D eigenvalue weighted by atomic mass is 16.3. The highest BCUT2D eigenvalue weighted by Gasteiger charge is 2.30. The quantitative estimate of drug-likeness (QED) is 0.508. The number of rotatable bonds is 0. The molecule has 2 nitrogen and oxygen atoms in total. The molecule has 1 aromatic rings. The summed E-state index contributed by atoms with van der Waals surface area (Å²) in [6, 6.07) is 7.37. The Labute approximate surface area is 64.5 Å². The molecule has 56 valence electrons. The molecule has 0 saturated heterocycles. The number of benzene rings is 1. The van der Waals surface area contributed by atoms with Crippen LogP contribution in [0.15, 0.2) is 24.3 Å². The summed E-state index contributed by atoms with van der Waals surface area (Å²) in [5.41, 5.74) is 1.63. The highest BCUT2D eigenvalue weighted by molar-refractivity contribution is 6.00. The van der Waals surface area contributed by atoms with Crippen LogP contribution in [0.3, 0.4) is 0 Å². The monoisotopic (exact) mass is 149 g/mol. The van der Waals surface area contributed by atoms with Gasteiger partial charge >= 0.3 is 0 Å². The molecule has 0 aromatic heterocycles. The maximum atomic E-state index is 11.2. The van der Waals surface area contributed by atoms with E-state index >= 15 is 0 Å². The van der Waals surface area contributed by atoms with E-state index in [0.29, 0.717) is 6.42 Å². The van der Waals surface area contributed by atoms with Gasteiger partial charge in [-0.3, -0.25) is 4.79 Å². The smallest absolute Gasteiger partial charge is 0.188 e. The molecular formula is C9H9O2+. The Bertz CT molecular complexity index is 304. The van der Waals surface area contributed by atoms with Crippen molar-refractivity contribution in [1.82, 2.24) is 0 Å². The third kappa shape index (κ3) is 0.870. The van der Waals surface area contributed by atoms with Gasteiger partial charge in [0.1, 0.15) is 0 Å². The zero-order valence-corrected chi connectivity index (χ0v) is 6.00. The summed E-state index contributed by atoms with van der Waals surface area (Å²) in [4.78, 5) is 11.2. The molecule has 2 rings (SSSR count). The number of ketones is 1. The average molecular weight is 149 g/mol. The molecule has 0 heterocycles. The largest absolute Gasteiger partial charge is 0.439 e. The van der Waals surface area contributed by atoms with Crippen molar-refractivity contribution in [2.75, 3.05) is 0 Å². The van der Waals surface area contributed by atoms with E-state index in [1.54, 1.807) is 6.07 Å². The molecule has 2 heteroatoms. The van der Waals surface area contributed by atoms with Crippen molar-refractivity contribution in [3.63, 3.8) is 0 Å². The van der Waals surface area contributed by atoms with Crippen LogP contribution >= 0.6 is 0 Å². The minimum atomic E-state index is -0.321. The molecule has 0 spiro atoms. The first kappa shape index (κ1) is 6.55. The first-order valence-corrected chi connectivity index (χ1v) is 3.62. The summed E-state index contributed by atoms with van der Waals surface area (Å²) in [6.45, 7) is 0. The molecule has 0 amide bonds. The number of carbonyl (C=O) groups is 1. The van der Waals surface area contributed by atoms with Crippen LogP contribution in [0, 0.1) is 0 Å². The normalized spacial score (nSPS) is 21.9. The molecule has 0 fully saturated rings. The molecule has 0 aliphatic heterocycles. The fourth-order valence-electron chi connectivity index (χ4n) is 1.46. The van der Waals surface area contributed by atoms with E-state index in [0.717, 1.165) is 11.1 Å². The third-order valence-corrected chi connectivity index (χ3v) is 2.03. The zero-order chi connectivity index (χ0) is 7.84. The third-order valence-electron chi connectivity index (χ3n) is 2.03. The predicted octanol–water partition coefficient (Wildman–Crippen LogP) is 1.04. The molecular weight excluding hydrogens is 140 g/mol. The lowest BCUT2D eigenvalue weighted by atomic mass is 10.1. The molecule has 0 radical (unpaired) electrons. The van der Waals surface area contributed by atoms with Gasteiger partial charge in [-0.15, -0.1) is 0 Å². The second kappa shape index (κ2) is 2.17. The van der Waals surface area contributed by atoms with Crippen molar-refractivity contribution in [1.29, 1.82) is 0 Å². The van der Waals surface area contributed by atoms with Gasteiger partial charge in [0.05, 0.1) is 6.42 Å². The van der Waals surface area contributed by atoms with Crippen LogP contribution < -0.4 is 0 Å². The maximum Gasteiger partial charge on any atom is 0.188 e. The summed E-state index contributed by atoms with van der Waals surface area (Å²) >= 11 is 0. The first-order chi connectivity index (χ1) is 5.29. The van der Waals surface area contributed by atoms with Gasteiger partial charge in [-0.25, -0.2) is 0 Å². The van der Waals surface area contributed by atoms with E-state index in [2.05, 4.69) is 0 Å². The minimum Gasteiger partial charge on any atom is -0.439 e. The number of Topliss-reactive ketones (excluding diaryl/α,β-unsaturated/α-hetero) is 1. The Balaban J connectivity index is 2.60. The molecule has 11 heavy (non-hydrogen) atoms. The van der Waals surface area contributed by atoms with Crippen molar-refractivity contribution < 1.29 is 9.90 Å². The Morgan fingerprint density at radius 3 is 2.82 bits per heavy atom. The Kier molecular flexibility index (Phi) is 1.29. The van der Waals surface area contributed by atoms with Gasteiger partial charge in [0.15, 0.2) is 11.9 Å². The molecule has 1 aromatic carbocycles. The van der Waals surface area contributed by atoms with E-state index in [1.807, 2.05) is 18.2 Å². The van der Waals surface area contributed by atoms with Gasteiger partial charge in [0, 0.05) is 11.1 Å². The standard InChI is InChI=1S/C9H8O2/c10-8-5-9(11)7-4-2-1-3-6(7)8/h1-4,8,10H,5H2/p+1. The van der Waals surface area contributed by atoms with Crippen LogP contribution in [-0.2, 0) is 0 Å². The zero-order valence-electron chi connectivity index (χ0n) is 6.00. The van der Waals surface area contributed by atoms with Gasteiger partial charge in [-0.1, -0.05) is 24.3 Å². The summed E-state index contributed by atoms with van der Waals surface area (Å²) in [5.74, 6) is 0.112. The van der Waals surface area contributed by atoms with E-state index in [-0.39, 0.29) is 11.9 Å². The lowest BCUT2D eigenvalue weighted by Gasteiger charge is -1.95. The van der Waals surface area contributed by atoms with E-state index < -0.39 is 0 Å². The molecule has 1 atom stereocenters. The number of fused-ring (bicyclic) bond motifs is 1. The molecule has 1 unspecified atom stereocenters. The predicted molar refractivity (Wildman–Crippen MR) is 41.7 cm³/mol. The fourth-order valence-corrected chi connectivity index (χ4v) is 1.46. The topological polar surface area (TPSA) is 40.0 Å². The van der Waals surface area contributed by atoms with Crippen molar-refractivity contribution in [2.45, 2.75) is 12.5 Å². The summed E-state index contributed by atoms with van der Waals surface area (Å²) in [6.07, 6.45) is 0.0398. The average Bonchev–Trinajstić information content (AvgIpc) is 2.30. The number of hydrogen-bond donors (Lipinski definition) is 0. The van der Waals surface area contributed by atoms with Gasteiger partial charge < -0.3 is 5.11 Å². The number of carbonyl (C=O) groups excluding carboxylic acids is 1. The van der Waals surface area contributed by atoms with Crippen LogP contribution in [0.2, 0.25) is 0 Å². The fraction of sp³-hybridized carbons (Fsp3) is 0.222. The van der Waals surface area contributed by atoms with Crippen molar-refractivity contribution in [3.8, 4) is 0 Å². The summed E-state index contributed by atoms with van der Waals surface area (Å²) < 4.78 is 0. The van der Waals surface area contributed by atoms with Crippen LogP contribution in [0.5, 0.6) is 0 Å². The second-order valence-corrected chi connectivity index (χ2v) is 2.77. The minimum absolute atomic E-state index is 0.112. The molecule has 0 bridgehead atoms. The number of hydrogen-bond acceptors (Lipinski definition) is 1. The first-order valence-electron chi connectivity index (χ1n) is 3.62. The van der Waals surface area contributed by atoms with Gasteiger partial charge in [-0.05, 0) is 0 Å². The Morgan fingerprint density at radius 1 is 1.36 bits per heavy atom. The molecule has 0 saturated carbocycles. The van der Waals surface area contributed by atoms with Gasteiger partial charge in [-0.2, -0.15) is 0 Å². The van der Waals surface area contributed by atoms with Crippen LogP contribution in [0.25, 0.3) is 0 Å². The molecule has 2 N–H and O–H groups in total. The summed E-state index contributed by atoms with van der Waals surface area (Å²) in [5, 5.41) is 7.52. The Morgan fingerprint density at radius 2 is 2.09 bits per heavy atom. The van der Waals surface area contributed by atoms with Gasteiger partial charge in [0.2, 0.25) is 0 Å². The van der Waals surface area contributed by atoms with Crippen molar-refractivity contribution in [2.24, 2.45) is 0 Å². The lowest BCUT2D eigenvalue weighted by Crippen LogP contribution is -1.90. The lowest BCUT2D eigenvalue weighted by molar-refractivity contribution is 0.0930. The van der Waals surface area contributed by atoms with Crippen molar-refractivity contribution >= 4 is 5.78 Å². The van der Waals surface area contributed by atoms with Crippen LogP contribution in [0.4, 0.5) is 0 Å². The van der Waals surface area contributed by atoms with Crippen LogP contribution in [0.1, 0.15) is 28.4 Å². The maximum absolute atomic E-state index is 11.2. The van der Waals surface area contributed by atoms with E-state index in [9.17, 15) is 4.79 Å². The molecule has 1 aliphatic rings. The highest BCUT2D eigenvalue weighted by Crippen LogP contribution is 2.29.